The van der Waals surface area contributed by atoms with E-state index in [1.807, 2.05) is 36.4 Å². The molecule has 238 valence electrons. The molecule has 5 rings (SSSR count). The fourth-order valence-electron chi connectivity index (χ4n) is 6.67. The van der Waals surface area contributed by atoms with Crippen LogP contribution >= 0.6 is 0 Å². The van der Waals surface area contributed by atoms with Gasteiger partial charge in [-0.05, 0) is 90.3 Å². The lowest BCUT2D eigenvalue weighted by atomic mass is 10.00. The van der Waals surface area contributed by atoms with Crippen LogP contribution < -0.4 is 9.47 Å². The molecule has 1 aliphatic carbocycles. The summed E-state index contributed by atoms with van der Waals surface area (Å²) in [6.45, 7) is 9.84. The van der Waals surface area contributed by atoms with Crippen molar-refractivity contribution >= 4 is 8.32 Å². The number of fused-ring (bicyclic) bond motifs is 1. The number of benzene rings is 4. The molecular formula is C40H51NO3Si. The van der Waals surface area contributed by atoms with E-state index in [4.69, 9.17) is 13.9 Å². The van der Waals surface area contributed by atoms with Crippen LogP contribution in [0.4, 0.5) is 0 Å². The maximum Gasteiger partial charge on any atom is 0.192 e. The van der Waals surface area contributed by atoms with E-state index in [9.17, 15) is 0 Å². The molecule has 0 fully saturated rings. The van der Waals surface area contributed by atoms with E-state index in [1.54, 1.807) is 0 Å². The molecule has 0 aromatic heterocycles. The van der Waals surface area contributed by atoms with Crippen molar-refractivity contribution in [1.29, 1.82) is 0 Å². The molecule has 45 heavy (non-hydrogen) atoms. The predicted octanol–water partition coefficient (Wildman–Crippen LogP) is 9.48. The molecule has 5 heteroatoms. The van der Waals surface area contributed by atoms with Gasteiger partial charge in [-0.1, -0.05) is 106 Å². The van der Waals surface area contributed by atoms with Crippen LogP contribution in [0.2, 0.25) is 18.1 Å². The first-order chi connectivity index (χ1) is 22.1. The van der Waals surface area contributed by atoms with Crippen molar-refractivity contribution in [2.24, 2.45) is 0 Å². The molecule has 4 nitrogen and oxygen atoms in total. The molecule has 0 aliphatic heterocycles. The van der Waals surface area contributed by atoms with Crippen LogP contribution in [0.1, 0.15) is 55.9 Å². The van der Waals surface area contributed by atoms with Crippen LogP contribution in [-0.2, 0) is 30.4 Å². The van der Waals surface area contributed by atoms with Crippen molar-refractivity contribution in [2.45, 2.75) is 89.9 Å². The second-order valence-corrected chi connectivity index (χ2v) is 17.2. The minimum atomic E-state index is -1.86. The third-order valence-corrected chi connectivity index (χ3v) is 14.3. The van der Waals surface area contributed by atoms with Gasteiger partial charge in [-0.2, -0.15) is 0 Å². The van der Waals surface area contributed by atoms with Crippen LogP contribution in [0, 0.1) is 0 Å². The highest BCUT2D eigenvalue weighted by molar-refractivity contribution is 6.73. The van der Waals surface area contributed by atoms with Crippen molar-refractivity contribution in [1.82, 2.24) is 4.90 Å². The molecule has 0 amide bonds. The second-order valence-electron chi connectivity index (χ2n) is 12.5. The van der Waals surface area contributed by atoms with E-state index in [-0.39, 0.29) is 6.10 Å². The fraction of sp³-hybridized carbons (Fsp3) is 0.400. The van der Waals surface area contributed by atoms with E-state index in [0.29, 0.717) is 19.3 Å². The Hall–Kier alpha value is -3.38. The molecule has 0 spiro atoms. The summed E-state index contributed by atoms with van der Waals surface area (Å²) in [6, 6.07) is 42.1. The number of rotatable bonds is 16. The molecule has 0 heterocycles. The van der Waals surface area contributed by atoms with E-state index < -0.39 is 8.32 Å². The van der Waals surface area contributed by atoms with Gasteiger partial charge in [0, 0.05) is 19.1 Å². The van der Waals surface area contributed by atoms with E-state index in [0.717, 1.165) is 62.0 Å². The normalized spacial score (nSPS) is 15.7. The topological polar surface area (TPSA) is 30.9 Å². The van der Waals surface area contributed by atoms with Crippen molar-refractivity contribution in [3.63, 3.8) is 0 Å². The summed E-state index contributed by atoms with van der Waals surface area (Å²) < 4.78 is 19.9. The summed E-state index contributed by atoms with van der Waals surface area (Å²) in [5, 5.41) is 0. The predicted molar refractivity (Wildman–Crippen MR) is 189 cm³/mol. The maximum absolute atomic E-state index is 7.21. The third kappa shape index (κ3) is 9.56. The first-order valence-electron chi connectivity index (χ1n) is 17.0. The number of hydrogen-bond donors (Lipinski definition) is 0. The van der Waals surface area contributed by atoms with Crippen LogP contribution in [0.25, 0.3) is 0 Å². The lowest BCUT2D eigenvalue weighted by Gasteiger charge is -2.38. The van der Waals surface area contributed by atoms with Gasteiger partial charge in [-0.15, -0.1) is 0 Å². The van der Waals surface area contributed by atoms with Crippen molar-refractivity contribution < 1.29 is 13.9 Å². The summed E-state index contributed by atoms with van der Waals surface area (Å²) >= 11 is 0. The third-order valence-electron chi connectivity index (χ3n) is 9.58. The SMILES string of the molecule is CC[Si](CC)(CC)O[C@H](COc1ccccc1)CN(Cc1ccccc1)C1CCCc2ccc(OCc3ccccc3)cc2C1. The van der Waals surface area contributed by atoms with Gasteiger partial charge in [-0.3, -0.25) is 4.90 Å². The molecule has 0 saturated carbocycles. The number of aryl methyl sites for hydroxylation is 1. The molecule has 0 bridgehead atoms. The zero-order valence-electron chi connectivity index (χ0n) is 27.5. The second kappa shape index (κ2) is 16.8. The number of ether oxygens (including phenoxy) is 2. The minimum Gasteiger partial charge on any atom is -0.491 e. The smallest absolute Gasteiger partial charge is 0.192 e. The molecule has 0 N–H and O–H groups in total. The van der Waals surface area contributed by atoms with Gasteiger partial charge >= 0.3 is 0 Å². The molecule has 0 saturated heterocycles. The van der Waals surface area contributed by atoms with Gasteiger partial charge in [0.1, 0.15) is 24.7 Å². The lowest BCUT2D eigenvalue weighted by Crippen LogP contribution is -2.49. The van der Waals surface area contributed by atoms with Gasteiger partial charge in [-0.25, -0.2) is 0 Å². The zero-order chi connectivity index (χ0) is 31.3. The van der Waals surface area contributed by atoms with E-state index in [2.05, 4.69) is 98.5 Å². The zero-order valence-corrected chi connectivity index (χ0v) is 28.5. The quantitative estimate of drug-likeness (QED) is 0.0921. The first kappa shape index (κ1) is 33.0. The van der Waals surface area contributed by atoms with Crippen LogP contribution in [0.5, 0.6) is 11.5 Å². The Kier molecular flexibility index (Phi) is 12.3. The molecular weight excluding hydrogens is 571 g/mol. The lowest BCUT2D eigenvalue weighted by molar-refractivity contribution is 0.0545. The number of nitrogens with zero attached hydrogens (tertiary/aromatic N) is 1. The van der Waals surface area contributed by atoms with Crippen LogP contribution in [0.15, 0.2) is 109 Å². The van der Waals surface area contributed by atoms with E-state index >= 15 is 0 Å². The summed E-state index contributed by atoms with van der Waals surface area (Å²) in [5.41, 5.74) is 5.40. The summed E-state index contributed by atoms with van der Waals surface area (Å²) in [7, 11) is -1.86. The van der Waals surface area contributed by atoms with Gasteiger partial charge < -0.3 is 13.9 Å². The van der Waals surface area contributed by atoms with Gasteiger partial charge in [0.05, 0.1) is 6.10 Å². The van der Waals surface area contributed by atoms with Crippen molar-refractivity contribution in [2.75, 3.05) is 13.2 Å². The number of para-hydroxylation sites is 1. The molecule has 4 aromatic rings. The minimum absolute atomic E-state index is 0.00342. The molecule has 1 unspecified atom stereocenters. The monoisotopic (exact) mass is 621 g/mol. The van der Waals surface area contributed by atoms with Gasteiger partial charge in [0.2, 0.25) is 0 Å². The Morgan fingerprint density at radius 1 is 0.711 bits per heavy atom. The Balaban J connectivity index is 1.39. The highest BCUT2D eigenvalue weighted by Crippen LogP contribution is 2.30. The summed E-state index contributed by atoms with van der Waals surface area (Å²) in [4.78, 5) is 2.70. The average Bonchev–Trinajstić information content (AvgIpc) is 3.32. The van der Waals surface area contributed by atoms with Crippen molar-refractivity contribution in [3.05, 3.63) is 131 Å². The molecule has 1 aliphatic rings. The maximum atomic E-state index is 7.21. The summed E-state index contributed by atoms with van der Waals surface area (Å²) in [6.07, 6.45) is 4.46. The van der Waals surface area contributed by atoms with Gasteiger partial charge in [0.15, 0.2) is 8.32 Å². The van der Waals surface area contributed by atoms with E-state index in [1.165, 1.54) is 28.7 Å². The molecule has 0 radical (unpaired) electrons. The summed E-state index contributed by atoms with van der Waals surface area (Å²) in [5.74, 6) is 1.86. The standard InChI is InChI=1S/C40H51NO3Si/c1-4-45(5-2,6-3)44-40(32-43-38-23-14-9-15-24-38)30-41(29-33-17-10-7-11-18-33)37-22-16-21-35-25-26-39(28-36(35)27-37)42-31-34-19-12-8-13-20-34/h7-15,17-20,23-26,28,37,40H,4-6,16,21-22,27,29-32H2,1-3H3/t37?,40-/m0/s1. The van der Waals surface area contributed by atoms with Crippen LogP contribution in [0.3, 0.4) is 0 Å². The van der Waals surface area contributed by atoms with Crippen LogP contribution in [-0.4, -0.2) is 38.5 Å². The van der Waals surface area contributed by atoms with Gasteiger partial charge in [0.25, 0.3) is 0 Å². The Morgan fingerprint density at radius 2 is 1.36 bits per heavy atom. The Labute approximate surface area is 272 Å². The number of hydrogen-bond acceptors (Lipinski definition) is 4. The average molecular weight is 622 g/mol. The molecule has 4 aromatic carbocycles. The highest BCUT2D eigenvalue weighted by Gasteiger charge is 2.34. The largest absolute Gasteiger partial charge is 0.491 e. The highest BCUT2D eigenvalue weighted by atomic mass is 28.4. The van der Waals surface area contributed by atoms with Crippen molar-refractivity contribution in [3.8, 4) is 11.5 Å². The Morgan fingerprint density at radius 3 is 2.02 bits per heavy atom. The fourth-order valence-corrected chi connectivity index (χ4v) is 9.52. The Bertz CT molecular complexity index is 1400. The molecule has 2 atom stereocenters. The first-order valence-corrected chi connectivity index (χ1v) is 19.5.